The fourth-order valence-corrected chi connectivity index (χ4v) is 4.00. The van der Waals surface area contributed by atoms with E-state index in [2.05, 4.69) is 5.32 Å². The first-order valence-corrected chi connectivity index (χ1v) is 8.53. The molecule has 0 saturated heterocycles. The molecule has 0 aliphatic heterocycles. The molecule has 4 heteroatoms. The fraction of sp³-hybridized carbons (Fsp3) is 0.353. The molecule has 21 heavy (non-hydrogen) atoms. The Labute approximate surface area is 134 Å². The highest BCUT2D eigenvalue weighted by Crippen LogP contribution is 2.42. The predicted molar refractivity (Wildman–Crippen MR) is 87.8 cm³/mol. The Morgan fingerprint density at radius 2 is 2.05 bits per heavy atom. The van der Waals surface area contributed by atoms with Crippen LogP contribution < -0.4 is 5.32 Å². The highest BCUT2D eigenvalue weighted by Gasteiger charge is 2.42. The van der Waals surface area contributed by atoms with Gasteiger partial charge in [0.1, 0.15) is 0 Å². The Kier molecular flexibility index (Phi) is 4.32. The molecule has 0 unspecified atom stereocenters. The summed E-state index contributed by atoms with van der Waals surface area (Å²) in [4.78, 5) is 14.0. The molecule has 1 aliphatic rings. The maximum atomic E-state index is 12.8. The Balaban J connectivity index is 1.81. The van der Waals surface area contributed by atoms with Gasteiger partial charge in [0.05, 0.1) is 12.0 Å². The van der Waals surface area contributed by atoms with E-state index in [1.807, 2.05) is 41.8 Å². The SMILES string of the molecule is O=C(NCc1cccs1)C1(c2cccc(Cl)c2)CCCC1. The van der Waals surface area contributed by atoms with Crippen molar-refractivity contribution in [2.24, 2.45) is 0 Å². The van der Waals surface area contributed by atoms with E-state index in [1.165, 1.54) is 4.88 Å². The lowest BCUT2D eigenvalue weighted by molar-refractivity contribution is -0.126. The summed E-state index contributed by atoms with van der Waals surface area (Å²) in [6, 6.07) is 11.8. The van der Waals surface area contributed by atoms with E-state index in [0.717, 1.165) is 31.2 Å². The number of hydrogen-bond donors (Lipinski definition) is 1. The molecule has 1 N–H and O–H groups in total. The first-order chi connectivity index (χ1) is 10.2. The summed E-state index contributed by atoms with van der Waals surface area (Å²) in [5.74, 6) is 0.135. The summed E-state index contributed by atoms with van der Waals surface area (Å²) in [7, 11) is 0. The van der Waals surface area contributed by atoms with E-state index < -0.39 is 5.41 Å². The third-order valence-corrected chi connectivity index (χ3v) is 5.38. The lowest BCUT2D eigenvalue weighted by Crippen LogP contribution is -2.42. The summed E-state index contributed by atoms with van der Waals surface area (Å²) in [6.45, 7) is 0.610. The van der Waals surface area contributed by atoms with Crippen molar-refractivity contribution in [3.8, 4) is 0 Å². The van der Waals surface area contributed by atoms with E-state index in [9.17, 15) is 4.79 Å². The molecule has 0 atom stereocenters. The standard InChI is InChI=1S/C17H18ClNOS/c18-14-6-3-5-13(11-14)17(8-1-2-9-17)16(20)19-12-15-7-4-10-21-15/h3-7,10-11H,1-2,8-9,12H2,(H,19,20). The van der Waals surface area contributed by atoms with Crippen LogP contribution in [0.4, 0.5) is 0 Å². The zero-order valence-electron chi connectivity index (χ0n) is 11.8. The number of nitrogens with one attached hydrogen (secondary N) is 1. The van der Waals surface area contributed by atoms with Gasteiger partial charge < -0.3 is 5.32 Å². The topological polar surface area (TPSA) is 29.1 Å². The molecule has 0 radical (unpaired) electrons. The predicted octanol–water partition coefficient (Wildman–Crippen LogP) is 4.53. The fourth-order valence-electron chi connectivity index (χ4n) is 3.16. The highest BCUT2D eigenvalue weighted by atomic mass is 35.5. The largest absolute Gasteiger partial charge is 0.350 e. The van der Waals surface area contributed by atoms with E-state index in [-0.39, 0.29) is 5.91 Å². The van der Waals surface area contributed by atoms with Crippen LogP contribution in [0.15, 0.2) is 41.8 Å². The second-order valence-corrected chi connectivity index (χ2v) is 7.03. The Bertz CT molecular complexity index is 617. The normalized spacial score (nSPS) is 16.8. The molecule has 1 aromatic heterocycles. The summed E-state index contributed by atoms with van der Waals surface area (Å²) in [5.41, 5.74) is 0.651. The lowest BCUT2D eigenvalue weighted by Gasteiger charge is -2.28. The van der Waals surface area contributed by atoms with Crippen LogP contribution in [-0.2, 0) is 16.8 Å². The number of rotatable bonds is 4. The molecule has 0 bridgehead atoms. The van der Waals surface area contributed by atoms with Crippen molar-refractivity contribution >= 4 is 28.8 Å². The molecule has 2 aromatic rings. The maximum absolute atomic E-state index is 12.8. The minimum absolute atomic E-state index is 0.135. The number of hydrogen-bond acceptors (Lipinski definition) is 2. The molecule has 1 saturated carbocycles. The number of carbonyl (C=O) groups excluding carboxylic acids is 1. The van der Waals surface area contributed by atoms with Crippen molar-refractivity contribution in [1.29, 1.82) is 0 Å². The molecule has 0 spiro atoms. The molecule has 1 heterocycles. The van der Waals surface area contributed by atoms with Gasteiger partial charge in [0.2, 0.25) is 5.91 Å². The van der Waals surface area contributed by atoms with Crippen LogP contribution in [0, 0.1) is 0 Å². The number of halogens is 1. The van der Waals surface area contributed by atoms with E-state index in [1.54, 1.807) is 11.3 Å². The van der Waals surface area contributed by atoms with Gasteiger partial charge in [-0.3, -0.25) is 4.79 Å². The number of amides is 1. The molecular weight excluding hydrogens is 302 g/mol. The average molecular weight is 320 g/mol. The van der Waals surface area contributed by atoms with Crippen molar-refractivity contribution in [3.63, 3.8) is 0 Å². The number of carbonyl (C=O) groups is 1. The smallest absolute Gasteiger partial charge is 0.230 e. The van der Waals surface area contributed by atoms with E-state index in [0.29, 0.717) is 11.6 Å². The molecule has 110 valence electrons. The lowest BCUT2D eigenvalue weighted by atomic mass is 9.78. The van der Waals surface area contributed by atoms with Gasteiger partial charge in [-0.25, -0.2) is 0 Å². The first-order valence-electron chi connectivity index (χ1n) is 7.27. The summed E-state index contributed by atoms with van der Waals surface area (Å²) in [6.07, 6.45) is 4.01. The third-order valence-electron chi connectivity index (χ3n) is 4.27. The number of thiophene rings is 1. The molecule has 1 aromatic carbocycles. The molecule has 2 nitrogen and oxygen atoms in total. The second kappa shape index (κ2) is 6.20. The Hall–Kier alpha value is -1.32. The van der Waals surface area contributed by atoms with Gasteiger partial charge in [0.15, 0.2) is 0 Å². The maximum Gasteiger partial charge on any atom is 0.230 e. The van der Waals surface area contributed by atoms with Gasteiger partial charge in [-0.2, -0.15) is 0 Å². The summed E-state index contributed by atoms with van der Waals surface area (Å²) >= 11 is 7.79. The van der Waals surface area contributed by atoms with Crippen molar-refractivity contribution in [3.05, 3.63) is 57.2 Å². The van der Waals surface area contributed by atoms with Gasteiger partial charge in [0, 0.05) is 9.90 Å². The minimum Gasteiger partial charge on any atom is -0.350 e. The summed E-state index contributed by atoms with van der Waals surface area (Å²) in [5, 5.41) is 5.84. The molecule has 1 aliphatic carbocycles. The van der Waals surface area contributed by atoms with Crippen LogP contribution in [0.3, 0.4) is 0 Å². The Morgan fingerprint density at radius 3 is 2.71 bits per heavy atom. The van der Waals surface area contributed by atoms with Crippen LogP contribution in [-0.4, -0.2) is 5.91 Å². The third kappa shape index (κ3) is 2.99. The van der Waals surface area contributed by atoms with Crippen molar-refractivity contribution in [1.82, 2.24) is 5.32 Å². The molecular formula is C17H18ClNOS. The van der Waals surface area contributed by atoms with Gasteiger partial charge in [-0.15, -0.1) is 11.3 Å². The highest BCUT2D eigenvalue weighted by molar-refractivity contribution is 7.09. The van der Waals surface area contributed by atoms with Crippen LogP contribution in [0.5, 0.6) is 0 Å². The van der Waals surface area contributed by atoms with Gasteiger partial charge in [-0.05, 0) is 42.0 Å². The van der Waals surface area contributed by atoms with Crippen LogP contribution in [0.25, 0.3) is 0 Å². The minimum atomic E-state index is -0.401. The monoisotopic (exact) mass is 319 g/mol. The second-order valence-electron chi connectivity index (χ2n) is 5.56. The van der Waals surface area contributed by atoms with Gasteiger partial charge in [0.25, 0.3) is 0 Å². The zero-order chi connectivity index (χ0) is 14.7. The molecule has 3 rings (SSSR count). The van der Waals surface area contributed by atoms with Crippen LogP contribution in [0.2, 0.25) is 5.02 Å². The van der Waals surface area contributed by atoms with Crippen molar-refractivity contribution in [2.45, 2.75) is 37.6 Å². The van der Waals surface area contributed by atoms with Crippen molar-refractivity contribution in [2.75, 3.05) is 0 Å². The van der Waals surface area contributed by atoms with Gasteiger partial charge in [-0.1, -0.05) is 42.6 Å². The zero-order valence-corrected chi connectivity index (χ0v) is 13.3. The summed E-state index contributed by atoms with van der Waals surface area (Å²) < 4.78 is 0. The number of benzene rings is 1. The van der Waals surface area contributed by atoms with Crippen LogP contribution >= 0.6 is 22.9 Å². The average Bonchev–Trinajstić information content (AvgIpc) is 3.17. The first kappa shape index (κ1) is 14.6. The Morgan fingerprint density at radius 1 is 1.24 bits per heavy atom. The van der Waals surface area contributed by atoms with Crippen molar-refractivity contribution < 1.29 is 4.79 Å². The van der Waals surface area contributed by atoms with E-state index >= 15 is 0 Å². The molecule has 1 fully saturated rings. The quantitative estimate of drug-likeness (QED) is 0.881. The van der Waals surface area contributed by atoms with Crippen LogP contribution in [0.1, 0.15) is 36.1 Å². The molecule has 1 amide bonds. The van der Waals surface area contributed by atoms with Gasteiger partial charge >= 0.3 is 0 Å². The van der Waals surface area contributed by atoms with E-state index in [4.69, 9.17) is 11.6 Å².